The minimum Gasteiger partial charge on any atom is -0.496 e. The molecule has 1 heterocycles. The first-order chi connectivity index (χ1) is 15.4. The van der Waals surface area contributed by atoms with Gasteiger partial charge in [-0.3, -0.25) is 4.90 Å². The Morgan fingerprint density at radius 1 is 0.765 bits per heavy atom. The molecule has 186 valence electrons. The number of alkyl halides is 12. The van der Waals surface area contributed by atoms with Gasteiger partial charge in [0.2, 0.25) is 17.0 Å². The van der Waals surface area contributed by atoms with E-state index in [1.165, 1.54) is 13.2 Å². The van der Waals surface area contributed by atoms with E-state index in [2.05, 4.69) is 9.98 Å². The van der Waals surface area contributed by atoms with Gasteiger partial charge in [-0.15, -0.1) is 0 Å². The Balaban J connectivity index is 2.61. The average Bonchev–Trinajstić information content (AvgIpc) is 2.69. The van der Waals surface area contributed by atoms with E-state index in [1.54, 1.807) is 30.3 Å². The third-order valence-electron chi connectivity index (χ3n) is 4.65. The van der Waals surface area contributed by atoms with E-state index in [0.717, 1.165) is 4.90 Å². The number of hydrogen-bond acceptors (Lipinski definition) is 4. The highest BCUT2D eigenvalue weighted by molar-refractivity contribution is 6.80. The number of amidine groups is 2. The van der Waals surface area contributed by atoms with E-state index in [1.807, 2.05) is 0 Å². The third-order valence-corrected chi connectivity index (χ3v) is 6.96. The van der Waals surface area contributed by atoms with Gasteiger partial charge < -0.3 is 4.74 Å². The van der Waals surface area contributed by atoms with Gasteiger partial charge in [-0.05, 0) is 11.5 Å². The molecule has 0 fully saturated rings. The zero-order valence-corrected chi connectivity index (χ0v) is 25.3. The van der Waals surface area contributed by atoms with Crippen molar-refractivity contribution < 1.29 is 4.74 Å². The number of rotatable bonds is 2. The second kappa shape index (κ2) is 10.0. The molecule has 1 aliphatic rings. The summed E-state index contributed by atoms with van der Waals surface area (Å²) in [7, 11) is 1.49. The van der Waals surface area contributed by atoms with Gasteiger partial charge in [0.15, 0.2) is 11.7 Å². The molecular formula is C18H9Cl12N3O. The van der Waals surface area contributed by atoms with Crippen LogP contribution >= 0.6 is 139 Å². The predicted octanol–water partition coefficient (Wildman–Crippen LogP) is 9.55. The quantitative estimate of drug-likeness (QED) is 0.230. The van der Waals surface area contributed by atoms with Crippen LogP contribution in [0.3, 0.4) is 0 Å². The van der Waals surface area contributed by atoms with Gasteiger partial charge in [0.1, 0.15) is 5.75 Å². The van der Waals surface area contributed by atoms with Crippen molar-refractivity contribution in [2.45, 2.75) is 21.0 Å². The van der Waals surface area contributed by atoms with Crippen LogP contribution in [0, 0.1) is 0 Å². The molecule has 1 atom stereocenters. The molecule has 0 saturated carbocycles. The highest BCUT2D eigenvalue weighted by Gasteiger charge is 2.65. The van der Waals surface area contributed by atoms with E-state index in [-0.39, 0.29) is 5.56 Å². The molecule has 2 aromatic carbocycles. The van der Waals surface area contributed by atoms with Crippen LogP contribution in [0.4, 0.5) is 0 Å². The van der Waals surface area contributed by atoms with Crippen LogP contribution in [0.15, 0.2) is 46.4 Å². The highest BCUT2D eigenvalue weighted by Crippen LogP contribution is 2.59. The van der Waals surface area contributed by atoms with Crippen molar-refractivity contribution in [1.82, 2.24) is 4.90 Å². The first-order valence-electron chi connectivity index (χ1n) is 8.68. The van der Waals surface area contributed by atoms with Gasteiger partial charge in [-0.25, -0.2) is 9.98 Å². The molecule has 0 saturated heterocycles. The number of nitrogens with zero attached hydrogens (tertiary/aromatic N) is 3. The van der Waals surface area contributed by atoms with E-state index >= 15 is 0 Å². The molecule has 4 nitrogen and oxygen atoms in total. The van der Waals surface area contributed by atoms with Gasteiger partial charge >= 0.3 is 0 Å². The molecule has 34 heavy (non-hydrogen) atoms. The Labute approximate surface area is 254 Å². The highest BCUT2D eigenvalue weighted by atomic mass is 35.6. The molecule has 0 radical (unpaired) electrons. The van der Waals surface area contributed by atoms with E-state index < -0.39 is 32.6 Å². The maximum atomic E-state index is 6.57. The SMILES string of the molecule is COc1ccc(C2(C(Cl)(Cl)Cl)N=C(C(Cl)(Cl)Cl)N=C(C(Cl)(Cl)Cl)N2C(Cl)(Cl)Cl)c2ccccc12. The number of halogens is 12. The number of aliphatic imine (C=N–C) groups is 2. The topological polar surface area (TPSA) is 37.2 Å². The fraction of sp³-hybridized carbons (Fsp3) is 0.333. The summed E-state index contributed by atoms with van der Waals surface area (Å²) in [6, 6.07) is 10.1. The summed E-state index contributed by atoms with van der Waals surface area (Å²) in [4.78, 5) is 9.34. The summed E-state index contributed by atoms with van der Waals surface area (Å²) >= 11 is 75.8. The van der Waals surface area contributed by atoms with Crippen molar-refractivity contribution in [3.05, 3.63) is 42.0 Å². The molecule has 0 spiro atoms. The summed E-state index contributed by atoms with van der Waals surface area (Å²) < 4.78 is -4.05. The normalized spacial score (nSPS) is 20.3. The zero-order valence-electron chi connectivity index (χ0n) is 16.2. The Morgan fingerprint density at radius 2 is 1.32 bits per heavy atom. The van der Waals surface area contributed by atoms with Crippen molar-refractivity contribution in [2.24, 2.45) is 9.98 Å². The Morgan fingerprint density at radius 3 is 1.76 bits per heavy atom. The zero-order chi connectivity index (χ0) is 25.9. The number of fused-ring (bicyclic) bond motifs is 1. The van der Waals surface area contributed by atoms with Crippen LogP contribution in [0.1, 0.15) is 5.56 Å². The molecule has 3 rings (SSSR count). The second-order valence-corrected chi connectivity index (χ2v) is 15.8. The standard InChI is InChI=1S/C18H9Cl12N3O/c1-34-11-7-6-10(8-4-2-3-5-9(8)11)14(17(25,26)27)32-12(15(19,20)21)31-13(16(22,23)24)33(14)18(28,29)30/h2-7H,1H3. The summed E-state index contributed by atoms with van der Waals surface area (Å²) in [5.41, 5.74) is -2.10. The van der Waals surface area contributed by atoms with Crippen LogP contribution in [0.2, 0.25) is 0 Å². The summed E-state index contributed by atoms with van der Waals surface area (Å²) in [5, 5.41) is 1.08. The predicted molar refractivity (Wildman–Crippen MR) is 150 cm³/mol. The molecule has 0 N–H and O–H groups in total. The monoisotopic (exact) mass is 703 g/mol. The van der Waals surface area contributed by atoms with Crippen molar-refractivity contribution >= 4 is 162 Å². The van der Waals surface area contributed by atoms with Crippen LogP contribution in [-0.2, 0) is 5.66 Å². The average molecular weight is 709 g/mol. The van der Waals surface area contributed by atoms with Crippen molar-refractivity contribution in [1.29, 1.82) is 0 Å². The van der Waals surface area contributed by atoms with Crippen molar-refractivity contribution in [3.63, 3.8) is 0 Å². The third kappa shape index (κ3) is 5.46. The Kier molecular flexibility index (Phi) is 8.74. The second-order valence-electron chi connectivity index (χ2n) is 6.70. The van der Waals surface area contributed by atoms with Gasteiger partial charge in [0.25, 0.3) is 3.92 Å². The number of ether oxygens (including phenoxy) is 1. The fourth-order valence-corrected chi connectivity index (χ4v) is 5.36. The number of benzene rings is 2. The first-order valence-corrected chi connectivity index (χ1v) is 13.2. The molecule has 0 bridgehead atoms. The number of hydrogen-bond donors (Lipinski definition) is 0. The minimum atomic E-state index is -2.45. The van der Waals surface area contributed by atoms with Gasteiger partial charge in [-0.2, -0.15) is 0 Å². The Bertz CT molecular complexity index is 1160. The smallest absolute Gasteiger partial charge is 0.271 e. The Hall–Kier alpha value is 1.12. The molecule has 0 aliphatic carbocycles. The van der Waals surface area contributed by atoms with Gasteiger partial charge in [-0.1, -0.05) is 170 Å². The lowest BCUT2D eigenvalue weighted by atomic mass is 9.92. The lowest BCUT2D eigenvalue weighted by Crippen LogP contribution is -2.65. The molecular weight excluding hydrogens is 700 g/mol. The maximum absolute atomic E-state index is 6.57. The molecule has 1 aliphatic heterocycles. The van der Waals surface area contributed by atoms with Crippen LogP contribution in [0.5, 0.6) is 5.75 Å². The largest absolute Gasteiger partial charge is 0.496 e. The lowest BCUT2D eigenvalue weighted by Gasteiger charge is -2.52. The molecule has 1 unspecified atom stereocenters. The fourth-order valence-electron chi connectivity index (χ4n) is 3.43. The van der Waals surface area contributed by atoms with E-state index in [4.69, 9.17) is 144 Å². The lowest BCUT2D eigenvalue weighted by molar-refractivity contribution is 0.177. The van der Waals surface area contributed by atoms with Gasteiger partial charge in [0.05, 0.1) is 7.11 Å². The minimum absolute atomic E-state index is 0.184. The summed E-state index contributed by atoms with van der Waals surface area (Å²) in [6.45, 7) is 0. The van der Waals surface area contributed by atoms with Crippen molar-refractivity contribution in [3.8, 4) is 5.75 Å². The van der Waals surface area contributed by atoms with Crippen molar-refractivity contribution in [2.75, 3.05) is 7.11 Å². The van der Waals surface area contributed by atoms with Gasteiger partial charge in [0, 0.05) is 10.9 Å². The summed E-state index contributed by atoms with van der Waals surface area (Å²) in [6.07, 6.45) is 0. The number of methoxy groups -OCH3 is 1. The molecule has 0 amide bonds. The maximum Gasteiger partial charge on any atom is 0.271 e. The first kappa shape index (κ1) is 29.7. The van der Waals surface area contributed by atoms with Crippen LogP contribution in [-0.4, -0.2) is 39.0 Å². The van der Waals surface area contributed by atoms with E-state index in [9.17, 15) is 0 Å². The molecule has 2 aromatic rings. The van der Waals surface area contributed by atoms with E-state index in [0.29, 0.717) is 16.5 Å². The summed E-state index contributed by atoms with van der Waals surface area (Å²) in [5.74, 6) is -0.522. The molecule has 0 aromatic heterocycles. The molecule has 16 heteroatoms. The van der Waals surface area contributed by atoms with Crippen LogP contribution < -0.4 is 4.74 Å². The van der Waals surface area contributed by atoms with Crippen LogP contribution in [0.25, 0.3) is 10.8 Å².